The number of aliphatic hydroxyl groups excluding tert-OH is 1. The van der Waals surface area contributed by atoms with Gasteiger partial charge >= 0.3 is 0 Å². The van der Waals surface area contributed by atoms with Crippen molar-refractivity contribution in [3.05, 3.63) is 48.5 Å². The Balaban J connectivity index is 1.85. The van der Waals surface area contributed by atoms with E-state index in [2.05, 4.69) is 4.98 Å². The second-order valence-electron chi connectivity index (χ2n) is 5.01. The predicted octanol–water partition coefficient (Wildman–Crippen LogP) is 1.47. The minimum absolute atomic E-state index is 0.0294. The van der Waals surface area contributed by atoms with Crippen LogP contribution in [0.15, 0.2) is 42.9 Å². The van der Waals surface area contributed by atoms with Crippen LogP contribution in [0.3, 0.4) is 0 Å². The first-order valence-electron chi connectivity index (χ1n) is 6.81. The number of aliphatic hydroxyl groups is 1. The van der Waals surface area contributed by atoms with Gasteiger partial charge in [-0.2, -0.15) is 0 Å². The van der Waals surface area contributed by atoms with Gasteiger partial charge in [0.25, 0.3) is 5.91 Å². The third-order valence-corrected chi connectivity index (χ3v) is 3.64. The van der Waals surface area contributed by atoms with E-state index in [1.807, 2.05) is 30.3 Å². The molecule has 3 rings (SSSR count). The quantitative estimate of drug-likeness (QED) is 0.900. The van der Waals surface area contributed by atoms with Crippen molar-refractivity contribution >= 4 is 5.91 Å². The number of hydrogen-bond acceptors (Lipinski definition) is 3. The third-order valence-electron chi connectivity index (χ3n) is 3.64. The fourth-order valence-electron chi connectivity index (χ4n) is 2.48. The van der Waals surface area contributed by atoms with Gasteiger partial charge in [0.2, 0.25) is 0 Å². The second-order valence-corrected chi connectivity index (χ2v) is 5.01. The highest BCUT2D eigenvalue weighted by Gasteiger charge is 2.24. The number of rotatable bonds is 2. The van der Waals surface area contributed by atoms with Crippen molar-refractivity contribution in [3.63, 3.8) is 0 Å². The highest BCUT2D eigenvalue weighted by molar-refractivity contribution is 5.93. The Bertz CT molecular complexity index is 586. The van der Waals surface area contributed by atoms with Crippen LogP contribution in [0.25, 0.3) is 5.69 Å². The van der Waals surface area contributed by atoms with Crippen molar-refractivity contribution in [3.8, 4) is 5.69 Å². The van der Waals surface area contributed by atoms with E-state index in [0.29, 0.717) is 31.6 Å². The first kappa shape index (κ1) is 12.9. The number of carbonyl (C=O) groups excluding carboxylic acids is 1. The molecule has 1 N–H and O–H groups in total. The molecule has 0 bridgehead atoms. The number of para-hydroxylation sites is 1. The van der Waals surface area contributed by atoms with Gasteiger partial charge in [-0.15, -0.1) is 0 Å². The van der Waals surface area contributed by atoms with Crippen LogP contribution in [0.2, 0.25) is 0 Å². The fourth-order valence-corrected chi connectivity index (χ4v) is 2.48. The Morgan fingerprint density at radius 3 is 2.60 bits per heavy atom. The van der Waals surface area contributed by atoms with Crippen LogP contribution in [-0.4, -0.2) is 44.7 Å². The summed E-state index contributed by atoms with van der Waals surface area (Å²) in [5.74, 6) is -0.0294. The smallest absolute Gasteiger partial charge is 0.272 e. The lowest BCUT2D eigenvalue weighted by molar-refractivity contribution is 0.0540. The summed E-state index contributed by atoms with van der Waals surface area (Å²) in [4.78, 5) is 18.4. The molecular weight excluding hydrogens is 254 g/mol. The summed E-state index contributed by atoms with van der Waals surface area (Å²) in [7, 11) is 0. The van der Waals surface area contributed by atoms with Gasteiger partial charge in [0, 0.05) is 18.8 Å². The topological polar surface area (TPSA) is 58.4 Å². The minimum atomic E-state index is -0.280. The van der Waals surface area contributed by atoms with Gasteiger partial charge in [0.15, 0.2) is 0 Å². The molecule has 0 aliphatic carbocycles. The summed E-state index contributed by atoms with van der Waals surface area (Å²) in [5.41, 5.74) is 1.48. The Kier molecular flexibility index (Phi) is 3.52. The van der Waals surface area contributed by atoms with Crippen molar-refractivity contribution in [2.24, 2.45) is 0 Å². The molecule has 0 spiro atoms. The molecule has 0 atom stereocenters. The zero-order valence-electron chi connectivity index (χ0n) is 11.1. The minimum Gasteiger partial charge on any atom is -0.393 e. The normalized spacial score (nSPS) is 16.4. The maximum Gasteiger partial charge on any atom is 0.272 e. The predicted molar refractivity (Wildman–Crippen MR) is 74.7 cm³/mol. The molecule has 1 aliphatic heterocycles. The van der Waals surface area contributed by atoms with Gasteiger partial charge in [-0.3, -0.25) is 9.36 Å². The van der Waals surface area contributed by atoms with E-state index in [1.54, 1.807) is 22.0 Å². The van der Waals surface area contributed by atoms with Crippen LogP contribution in [0.5, 0.6) is 0 Å². The van der Waals surface area contributed by atoms with Gasteiger partial charge in [-0.25, -0.2) is 4.98 Å². The average Bonchev–Trinajstić information content (AvgIpc) is 2.97. The number of likely N-dealkylation sites (tertiary alicyclic amines) is 1. The molecule has 0 saturated carbocycles. The van der Waals surface area contributed by atoms with Gasteiger partial charge < -0.3 is 10.0 Å². The maximum atomic E-state index is 12.5. The zero-order chi connectivity index (χ0) is 13.9. The molecule has 0 radical (unpaired) electrons. The number of benzene rings is 1. The summed E-state index contributed by atoms with van der Waals surface area (Å²) >= 11 is 0. The van der Waals surface area contributed by atoms with Crippen molar-refractivity contribution in [1.29, 1.82) is 0 Å². The van der Waals surface area contributed by atoms with E-state index < -0.39 is 0 Å². The lowest BCUT2D eigenvalue weighted by Gasteiger charge is -2.29. The molecule has 2 aromatic rings. The number of amides is 1. The SMILES string of the molecule is O=C(c1cncn1-c1ccccc1)N1CCC(O)CC1. The summed E-state index contributed by atoms with van der Waals surface area (Å²) in [6.45, 7) is 1.19. The van der Waals surface area contributed by atoms with Crippen LogP contribution >= 0.6 is 0 Å². The standard InChI is InChI=1S/C15H17N3O2/c19-13-6-8-17(9-7-13)15(20)14-10-16-11-18(14)12-4-2-1-3-5-12/h1-5,10-11,13,19H,6-9H2. The van der Waals surface area contributed by atoms with Crippen molar-refractivity contribution < 1.29 is 9.90 Å². The maximum absolute atomic E-state index is 12.5. The summed E-state index contributed by atoms with van der Waals surface area (Å²) in [6, 6.07) is 9.69. The molecule has 5 heteroatoms. The van der Waals surface area contributed by atoms with Crippen LogP contribution in [-0.2, 0) is 0 Å². The molecule has 5 nitrogen and oxygen atoms in total. The number of nitrogens with zero attached hydrogens (tertiary/aromatic N) is 3. The van der Waals surface area contributed by atoms with Crippen LogP contribution in [0.4, 0.5) is 0 Å². The average molecular weight is 271 g/mol. The first-order valence-corrected chi connectivity index (χ1v) is 6.81. The lowest BCUT2D eigenvalue weighted by Crippen LogP contribution is -2.40. The van der Waals surface area contributed by atoms with Crippen molar-refractivity contribution in [1.82, 2.24) is 14.5 Å². The highest BCUT2D eigenvalue weighted by atomic mass is 16.3. The van der Waals surface area contributed by atoms with Crippen LogP contribution in [0.1, 0.15) is 23.3 Å². The molecule has 0 unspecified atom stereocenters. The molecule has 1 aromatic heterocycles. The molecule has 20 heavy (non-hydrogen) atoms. The van der Waals surface area contributed by atoms with Gasteiger partial charge in [0.05, 0.1) is 18.6 Å². The number of imidazole rings is 1. The van der Waals surface area contributed by atoms with E-state index >= 15 is 0 Å². The zero-order valence-corrected chi connectivity index (χ0v) is 11.1. The number of hydrogen-bond donors (Lipinski definition) is 1. The lowest BCUT2D eigenvalue weighted by atomic mass is 10.1. The summed E-state index contributed by atoms with van der Waals surface area (Å²) in [6.07, 6.45) is 4.26. The molecule has 104 valence electrons. The Labute approximate surface area is 117 Å². The van der Waals surface area contributed by atoms with E-state index in [4.69, 9.17) is 0 Å². The molecule has 1 aliphatic rings. The largest absolute Gasteiger partial charge is 0.393 e. The van der Waals surface area contributed by atoms with Gasteiger partial charge in [-0.1, -0.05) is 18.2 Å². The van der Waals surface area contributed by atoms with E-state index in [1.165, 1.54) is 0 Å². The first-order chi connectivity index (χ1) is 9.75. The second kappa shape index (κ2) is 5.46. The Hall–Kier alpha value is -2.14. The van der Waals surface area contributed by atoms with E-state index in [9.17, 15) is 9.90 Å². The summed E-state index contributed by atoms with van der Waals surface area (Å²) < 4.78 is 1.80. The Morgan fingerprint density at radius 1 is 1.20 bits per heavy atom. The van der Waals surface area contributed by atoms with Crippen molar-refractivity contribution in [2.45, 2.75) is 18.9 Å². The summed E-state index contributed by atoms with van der Waals surface area (Å²) in [5, 5.41) is 9.52. The number of piperidine rings is 1. The van der Waals surface area contributed by atoms with Crippen molar-refractivity contribution in [2.75, 3.05) is 13.1 Å². The number of aromatic nitrogens is 2. The van der Waals surface area contributed by atoms with E-state index in [-0.39, 0.29) is 12.0 Å². The highest BCUT2D eigenvalue weighted by Crippen LogP contribution is 2.16. The Morgan fingerprint density at radius 2 is 1.90 bits per heavy atom. The fraction of sp³-hybridized carbons (Fsp3) is 0.333. The molecule has 1 fully saturated rings. The third kappa shape index (κ3) is 2.44. The number of carbonyl (C=O) groups is 1. The molecular formula is C15H17N3O2. The van der Waals surface area contributed by atoms with Crippen LogP contribution < -0.4 is 0 Å². The van der Waals surface area contributed by atoms with Crippen LogP contribution in [0, 0.1) is 0 Å². The van der Waals surface area contributed by atoms with E-state index in [0.717, 1.165) is 5.69 Å². The molecule has 1 aromatic carbocycles. The van der Waals surface area contributed by atoms with Gasteiger partial charge in [-0.05, 0) is 25.0 Å². The molecule has 2 heterocycles. The molecule has 1 saturated heterocycles. The van der Waals surface area contributed by atoms with Gasteiger partial charge in [0.1, 0.15) is 5.69 Å². The molecule has 1 amide bonds. The monoisotopic (exact) mass is 271 g/mol.